The lowest BCUT2D eigenvalue weighted by Crippen LogP contribution is -2.42. The number of benzene rings is 2. The van der Waals surface area contributed by atoms with Crippen LogP contribution in [-0.2, 0) is 4.79 Å². The number of phenols is 1. The van der Waals surface area contributed by atoms with E-state index in [1.165, 1.54) is 6.21 Å². The first kappa shape index (κ1) is 16.6. The number of phenolic OH excluding ortho intramolecular Hbond substituents is 1. The van der Waals surface area contributed by atoms with Crippen LogP contribution < -0.4 is 19.6 Å². The standard InChI is InChI=1S/C18H18N2O5/c1-2-23-15-9-5-6-12(17(15)21)10-19-20-18(22)16-11-24-13-7-3-4-8-14(13)25-16/h3-10,16,21H,2,11H2,1H3,(H,20,22)/b19-10+. The van der Waals surface area contributed by atoms with Crippen LogP contribution in [0.1, 0.15) is 12.5 Å². The van der Waals surface area contributed by atoms with Crippen LogP contribution >= 0.6 is 0 Å². The number of hydrogen-bond donors (Lipinski definition) is 2. The number of rotatable bonds is 5. The third-order valence-electron chi connectivity index (χ3n) is 3.51. The van der Waals surface area contributed by atoms with Crippen LogP contribution in [0, 0.1) is 0 Å². The summed E-state index contributed by atoms with van der Waals surface area (Å²) in [6, 6.07) is 12.2. The van der Waals surface area contributed by atoms with E-state index in [1.54, 1.807) is 36.4 Å². The molecule has 130 valence electrons. The van der Waals surface area contributed by atoms with E-state index in [0.29, 0.717) is 29.4 Å². The molecule has 1 aliphatic heterocycles. The molecule has 1 atom stereocenters. The highest BCUT2D eigenvalue weighted by Crippen LogP contribution is 2.31. The van der Waals surface area contributed by atoms with Crippen LogP contribution in [0.3, 0.4) is 0 Å². The molecule has 1 amide bonds. The normalized spacial score (nSPS) is 15.8. The smallest absolute Gasteiger partial charge is 0.284 e. The van der Waals surface area contributed by atoms with Crippen molar-refractivity contribution in [1.82, 2.24) is 5.43 Å². The summed E-state index contributed by atoms with van der Waals surface area (Å²) < 4.78 is 16.4. The zero-order valence-electron chi connectivity index (χ0n) is 13.6. The van der Waals surface area contributed by atoms with Gasteiger partial charge in [-0.15, -0.1) is 0 Å². The summed E-state index contributed by atoms with van der Waals surface area (Å²) in [7, 11) is 0. The summed E-state index contributed by atoms with van der Waals surface area (Å²) in [5.74, 6) is 1.01. The second kappa shape index (κ2) is 7.57. The van der Waals surface area contributed by atoms with Crippen molar-refractivity contribution >= 4 is 12.1 Å². The zero-order valence-corrected chi connectivity index (χ0v) is 13.6. The minimum atomic E-state index is -0.796. The van der Waals surface area contributed by atoms with Crippen LogP contribution in [0.4, 0.5) is 0 Å². The maximum atomic E-state index is 12.1. The summed E-state index contributed by atoms with van der Waals surface area (Å²) in [6.45, 7) is 2.36. The molecule has 0 spiro atoms. The molecular formula is C18H18N2O5. The highest BCUT2D eigenvalue weighted by Gasteiger charge is 2.27. The van der Waals surface area contributed by atoms with Gasteiger partial charge in [0.15, 0.2) is 23.0 Å². The number of carbonyl (C=O) groups is 1. The third kappa shape index (κ3) is 3.82. The summed E-state index contributed by atoms with van der Waals surface area (Å²) in [5.41, 5.74) is 2.81. The molecule has 0 aromatic heterocycles. The monoisotopic (exact) mass is 342 g/mol. The molecule has 7 nitrogen and oxygen atoms in total. The summed E-state index contributed by atoms with van der Waals surface area (Å²) in [6.07, 6.45) is 0.545. The Bertz CT molecular complexity index is 791. The topological polar surface area (TPSA) is 89.4 Å². The van der Waals surface area contributed by atoms with E-state index in [0.717, 1.165) is 0 Å². The third-order valence-corrected chi connectivity index (χ3v) is 3.51. The van der Waals surface area contributed by atoms with Crippen molar-refractivity contribution in [2.45, 2.75) is 13.0 Å². The van der Waals surface area contributed by atoms with E-state index in [4.69, 9.17) is 14.2 Å². The van der Waals surface area contributed by atoms with Crippen molar-refractivity contribution in [1.29, 1.82) is 0 Å². The molecule has 0 saturated carbocycles. The molecule has 0 bridgehead atoms. The first-order valence-electron chi connectivity index (χ1n) is 7.85. The molecule has 0 saturated heterocycles. The Kier molecular flexibility index (Phi) is 5.03. The highest BCUT2D eigenvalue weighted by atomic mass is 16.6. The van der Waals surface area contributed by atoms with Gasteiger partial charge in [-0.25, -0.2) is 5.43 Å². The number of hydrazone groups is 1. The minimum Gasteiger partial charge on any atom is -0.504 e. The first-order chi connectivity index (χ1) is 12.2. The molecule has 7 heteroatoms. The molecule has 2 aromatic rings. The van der Waals surface area contributed by atoms with Crippen LogP contribution in [0.5, 0.6) is 23.0 Å². The average Bonchev–Trinajstić information content (AvgIpc) is 2.64. The second-order valence-electron chi connectivity index (χ2n) is 5.23. The van der Waals surface area contributed by atoms with Crippen molar-refractivity contribution in [3.05, 3.63) is 48.0 Å². The van der Waals surface area contributed by atoms with Crippen molar-refractivity contribution < 1.29 is 24.1 Å². The molecule has 1 unspecified atom stereocenters. The Balaban J connectivity index is 1.61. The highest BCUT2D eigenvalue weighted by molar-refractivity contribution is 5.87. The molecule has 1 heterocycles. The molecule has 3 rings (SSSR count). The van der Waals surface area contributed by atoms with Gasteiger partial charge < -0.3 is 19.3 Å². The number of nitrogens with zero attached hydrogens (tertiary/aromatic N) is 1. The van der Waals surface area contributed by atoms with Crippen molar-refractivity contribution in [3.8, 4) is 23.0 Å². The Morgan fingerprint density at radius 2 is 2.12 bits per heavy atom. The average molecular weight is 342 g/mol. The summed E-state index contributed by atoms with van der Waals surface area (Å²) in [4.78, 5) is 12.1. The van der Waals surface area contributed by atoms with E-state index < -0.39 is 12.0 Å². The summed E-state index contributed by atoms with van der Waals surface area (Å²) in [5, 5.41) is 13.9. The predicted octanol–water partition coefficient (Wildman–Crippen LogP) is 2.08. The fourth-order valence-electron chi connectivity index (χ4n) is 2.30. The van der Waals surface area contributed by atoms with Gasteiger partial charge in [-0.05, 0) is 31.2 Å². The van der Waals surface area contributed by atoms with Crippen LogP contribution in [0.25, 0.3) is 0 Å². The van der Waals surface area contributed by atoms with Gasteiger partial charge in [0.05, 0.1) is 12.8 Å². The SMILES string of the molecule is CCOc1cccc(/C=N/NC(=O)C2COc3ccccc3O2)c1O. The predicted molar refractivity (Wildman–Crippen MR) is 91.4 cm³/mol. The maximum absolute atomic E-state index is 12.1. The first-order valence-corrected chi connectivity index (χ1v) is 7.85. The van der Waals surface area contributed by atoms with Crippen LogP contribution in [-0.4, -0.2) is 36.5 Å². The van der Waals surface area contributed by atoms with Gasteiger partial charge in [0.2, 0.25) is 6.10 Å². The van der Waals surface area contributed by atoms with E-state index in [-0.39, 0.29) is 12.4 Å². The summed E-state index contributed by atoms with van der Waals surface area (Å²) >= 11 is 0. The van der Waals surface area contributed by atoms with Crippen molar-refractivity contribution in [3.63, 3.8) is 0 Å². The Morgan fingerprint density at radius 1 is 1.32 bits per heavy atom. The molecule has 2 aromatic carbocycles. The Morgan fingerprint density at radius 3 is 2.92 bits per heavy atom. The molecule has 2 N–H and O–H groups in total. The maximum Gasteiger partial charge on any atom is 0.284 e. The van der Waals surface area contributed by atoms with Crippen LogP contribution in [0.2, 0.25) is 0 Å². The van der Waals surface area contributed by atoms with Gasteiger partial charge in [-0.1, -0.05) is 18.2 Å². The van der Waals surface area contributed by atoms with Gasteiger partial charge in [0, 0.05) is 5.56 Å². The van der Waals surface area contributed by atoms with Gasteiger partial charge in [0.25, 0.3) is 5.91 Å². The van der Waals surface area contributed by atoms with Crippen LogP contribution in [0.15, 0.2) is 47.6 Å². The molecule has 0 aliphatic carbocycles. The molecular weight excluding hydrogens is 324 g/mol. The quantitative estimate of drug-likeness (QED) is 0.641. The molecule has 0 radical (unpaired) electrons. The van der Waals surface area contributed by atoms with E-state index in [1.807, 2.05) is 13.0 Å². The zero-order chi connectivity index (χ0) is 17.6. The fourth-order valence-corrected chi connectivity index (χ4v) is 2.30. The Hall–Kier alpha value is -3.22. The van der Waals surface area contributed by atoms with Gasteiger partial charge in [0.1, 0.15) is 6.61 Å². The molecule has 0 fully saturated rings. The lowest BCUT2D eigenvalue weighted by Gasteiger charge is -2.24. The van der Waals surface area contributed by atoms with Gasteiger partial charge >= 0.3 is 0 Å². The largest absolute Gasteiger partial charge is 0.504 e. The Labute approximate surface area is 144 Å². The van der Waals surface area contributed by atoms with E-state index in [9.17, 15) is 9.90 Å². The number of nitrogens with one attached hydrogen (secondary N) is 1. The molecule has 1 aliphatic rings. The van der Waals surface area contributed by atoms with E-state index >= 15 is 0 Å². The van der Waals surface area contributed by atoms with Crippen molar-refractivity contribution in [2.75, 3.05) is 13.2 Å². The number of carbonyl (C=O) groups excluding carboxylic acids is 1. The minimum absolute atomic E-state index is 0.0338. The van der Waals surface area contributed by atoms with Gasteiger partial charge in [-0.2, -0.15) is 5.10 Å². The number of hydrogen-bond acceptors (Lipinski definition) is 6. The second-order valence-corrected chi connectivity index (χ2v) is 5.23. The molecule has 25 heavy (non-hydrogen) atoms. The number of ether oxygens (including phenoxy) is 3. The fraction of sp³-hybridized carbons (Fsp3) is 0.222. The number of aromatic hydroxyl groups is 1. The lowest BCUT2D eigenvalue weighted by atomic mass is 10.2. The van der Waals surface area contributed by atoms with E-state index in [2.05, 4.69) is 10.5 Å². The number of amides is 1. The number of fused-ring (bicyclic) bond motifs is 1. The van der Waals surface area contributed by atoms with Gasteiger partial charge in [-0.3, -0.25) is 4.79 Å². The lowest BCUT2D eigenvalue weighted by molar-refractivity contribution is -0.130. The van der Waals surface area contributed by atoms with Crippen molar-refractivity contribution in [2.24, 2.45) is 5.10 Å². The number of para-hydroxylation sites is 3.